The lowest BCUT2D eigenvalue weighted by molar-refractivity contribution is -0.142. The number of carbonyl (C=O) groups excluding carboxylic acids is 5. The molecule has 14 nitrogen and oxygen atoms in total. The smallest absolute Gasteiger partial charge is 0.326 e. The van der Waals surface area contributed by atoms with Crippen LogP contribution in [0.15, 0.2) is 30.5 Å². The van der Waals surface area contributed by atoms with Crippen LogP contribution in [-0.2, 0) is 35.2 Å². The van der Waals surface area contributed by atoms with Gasteiger partial charge in [0.05, 0.1) is 12.5 Å². The Morgan fingerprint density at radius 3 is 2.13 bits per heavy atom. The number of hydrogen-bond acceptors (Lipinski definition) is 7. The summed E-state index contributed by atoms with van der Waals surface area (Å²) in [5.41, 5.74) is 18.1. The Labute approximate surface area is 224 Å². The maximum atomic E-state index is 13.1. The number of carboxylic acid groups (broad SMARTS) is 1. The number of H-pyrrole nitrogens is 1. The molecule has 0 aliphatic carbocycles. The third kappa shape index (κ3) is 9.10. The number of primary amides is 2. The number of nitrogens with one attached hydrogen (secondary N) is 4. The van der Waals surface area contributed by atoms with E-state index < -0.39 is 72.0 Å². The van der Waals surface area contributed by atoms with Crippen LogP contribution in [0.25, 0.3) is 10.9 Å². The Kier molecular flexibility index (Phi) is 11.0. The van der Waals surface area contributed by atoms with E-state index in [0.29, 0.717) is 0 Å². The molecule has 5 amide bonds. The lowest BCUT2D eigenvalue weighted by Gasteiger charge is -2.26. The van der Waals surface area contributed by atoms with Gasteiger partial charge in [0.15, 0.2) is 0 Å². The molecule has 2 aromatic rings. The number of carboxylic acids is 1. The SMILES string of the molecule is CC(C)C(NC(=O)C(N)Cc1c[nH]c2ccccc12)C(=O)NC(CC(N)=O)C(=O)NC(CCC(N)=O)C(=O)O. The molecule has 14 heteroatoms. The predicted octanol–water partition coefficient (Wildman–Crippen LogP) is -1.63. The number of nitrogens with two attached hydrogens (primary N) is 3. The molecule has 0 spiro atoms. The Balaban J connectivity index is 2.10. The van der Waals surface area contributed by atoms with Crippen LogP contribution >= 0.6 is 0 Å². The van der Waals surface area contributed by atoms with Crippen molar-refractivity contribution in [2.75, 3.05) is 0 Å². The lowest BCUT2D eigenvalue weighted by Crippen LogP contribution is -2.59. The first kappa shape index (κ1) is 30.8. The topological polar surface area (TPSA) is 253 Å². The van der Waals surface area contributed by atoms with Gasteiger partial charge in [0.2, 0.25) is 29.5 Å². The summed E-state index contributed by atoms with van der Waals surface area (Å²) in [6, 6.07) is 2.34. The summed E-state index contributed by atoms with van der Waals surface area (Å²) in [5.74, 6) is -6.02. The lowest BCUT2D eigenvalue weighted by atomic mass is 10.0. The minimum atomic E-state index is -1.54. The van der Waals surface area contributed by atoms with Crippen molar-refractivity contribution in [2.24, 2.45) is 23.1 Å². The maximum Gasteiger partial charge on any atom is 0.326 e. The average molecular weight is 546 g/mol. The molecule has 4 unspecified atom stereocenters. The van der Waals surface area contributed by atoms with Crippen LogP contribution in [0.5, 0.6) is 0 Å². The van der Waals surface area contributed by atoms with Crippen LogP contribution in [0.2, 0.25) is 0 Å². The van der Waals surface area contributed by atoms with Crippen molar-refractivity contribution >= 4 is 46.4 Å². The van der Waals surface area contributed by atoms with Crippen molar-refractivity contribution in [3.63, 3.8) is 0 Å². The van der Waals surface area contributed by atoms with Gasteiger partial charge >= 0.3 is 5.97 Å². The van der Waals surface area contributed by atoms with Gasteiger partial charge in [-0.25, -0.2) is 4.79 Å². The molecule has 4 atom stereocenters. The van der Waals surface area contributed by atoms with E-state index in [4.69, 9.17) is 17.2 Å². The highest BCUT2D eigenvalue weighted by atomic mass is 16.4. The first-order valence-corrected chi connectivity index (χ1v) is 12.3. The number of amides is 5. The Morgan fingerprint density at radius 2 is 1.54 bits per heavy atom. The number of fused-ring (bicyclic) bond motifs is 1. The monoisotopic (exact) mass is 545 g/mol. The number of rotatable bonds is 15. The van der Waals surface area contributed by atoms with Gasteiger partial charge in [-0.05, 0) is 30.4 Å². The fourth-order valence-corrected chi connectivity index (χ4v) is 3.91. The van der Waals surface area contributed by atoms with Crippen molar-refractivity contribution in [1.29, 1.82) is 0 Å². The highest BCUT2D eigenvalue weighted by Crippen LogP contribution is 2.19. The molecule has 0 fully saturated rings. The molecular formula is C25H35N7O7. The summed E-state index contributed by atoms with van der Waals surface area (Å²) in [6.45, 7) is 3.31. The van der Waals surface area contributed by atoms with Crippen LogP contribution in [0.4, 0.5) is 0 Å². The van der Waals surface area contributed by atoms with Crippen molar-refractivity contribution in [3.8, 4) is 0 Å². The van der Waals surface area contributed by atoms with Crippen molar-refractivity contribution in [1.82, 2.24) is 20.9 Å². The molecule has 2 rings (SSSR count). The normalized spacial score (nSPS) is 14.2. The molecule has 0 bridgehead atoms. The van der Waals surface area contributed by atoms with E-state index in [-0.39, 0.29) is 19.3 Å². The molecule has 0 aliphatic rings. The van der Waals surface area contributed by atoms with Crippen LogP contribution in [0, 0.1) is 5.92 Å². The highest BCUT2D eigenvalue weighted by molar-refractivity contribution is 5.96. The summed E-state index contributed by atoms with van der Waals surface area (Å²) in [5, 5.41) is 17.4. The molecule has 1 aromatic carbocycles. The quantitative estimate of drug-likeness (QED) is 0.129. The molecule has 1 aromatic heterocycles. The van der Waals surface area contributed by atoms with Gasteiger partial charge in [-0.2, -0.15) is 0 Å². The Bertz CT molecular complexity index is 1230. The molecule has 1 heterocycles. The zero-order chi connectivity index (χ0) is 29.3. The summed E-state index contributed by atoms with van der Waals surface area (Å²) >= 11 is 0. The third-order valence-corrected chi connectivity index (χ3v) is 6.03. The van der Waals surface area contributed by atoms with Crippen molar-refractivity contribution in [3.05, 3.63) is 36.0 Å². The molecule has 0 saturated carbocycles. The van der Waals surface area contributed by atoms with E-state index >= 15 is 0 Å². The van der Waals surface area contributed by atoms with Crippen molar-refractivity contribution in [2.45, 2.75) is 63.7 Å². The van der Waals surface area contributed by atoms with E-state index in [9.17, 15) is 33.9 Å². The largest absolute Gasteiger partial charge is 0.480 e. The number of aromatic nitrogens is 1. The van der Waals surface area contributed by atoms with Crippen LogP contribution in [-0.4, -0.2) is 69.8 Å². The first-order chi connectivity index (χ1) is 18.3. The molecule has 11 N–H and O–H groups in total. The average Bonchev–Trinajstić information content (AvgIpc) is 3.26. The minimum Gasteiger partial charge on any atom is -0.480 e. The molecule has 0 aliphatic heterocycles. The summed E-state index contributed by atoms with van der Waals surface area (Å²) in [6.07, 6.45) is 0.692. The number of aliphatic carboxylic acids is 1. The standard InChI is InChI=1S/C25H35N7O7/c1-12(2)21(32-22(35)15(26)9-13-11-29-16-6-4-3-5-14(13)16)24(37)31-18(10-20(28)34)23(36)30-17(25(38)39)7-8-19(27)33/h3-6,11-12,15,17-18,21,29H,7-10,26H2,1-2H3,(H2,27,33)(H2,28,34)(H,30,36)(H,31,37)(H,32,35)(H,38,39). The Hall–Kier alpha value is -4.46. The number of carbonyl (C=O) groups is 6. The van der Waals surface area contributed by atoms with Gasteiger partial charge in [0, 0.05) is 23.5 Å². The zero-order valence-electron chi connectivity index (χ0n) is 21.7. The van der Waals surface area contributed by atoms with Crippen LogP contribution in [0.3, 0.4) is 0 Å². The highest BCUT2D eigenvalue weighted by Gasteiger charge is 2.32. The van der Waals surface area contributed by atoms with Gasteiger partial charge in [-0.15, -0.1) is 0 Å². The van der Waals surface area contributed by atoms with Gasteiger partial charge in [-0.3, -0.25) is 24.0 Å². The summed E-state index contributed by atoms with van der Waals surface area (Å²) in [4.78, 5) is 75.9. The number of para-hydroxylation sites is 1. The third-order valence-electron chi connectivity index (χ3n) is 6.03. The van der Waals surface area contributed by atoms with Crippen LogP contribution in [0.1, 0.15) is 38.7 Å². The van der Waals surface area contributed by atoms with Gasteiger partial charge in [0.25, 0.3) is 0 Å². The number of aromatic amines is 1. The van der Waals surface area contributed by atoms with Gasteiger partial charge in [0.1, 0.15) is 18.1 Å². The maximum absolute atomic E-state index is 13.1. The Morgan fingerprint density at radius 1 is 0.897 bits per heavy atom. The number of hydrogen-bond donors (Lipinski definition) is 8. The fourth-order valence-electron chi connectivity index (χ4n) is 3.91. The molecule has 0 saturated heterocycles. The number of benzene rings is 1. The van der Waals surface area contributed by atoms with Gasteiger partial charge in [-0.1, -0.05) is 32.0 Å². The molecule has 0 radical (unpaired) electrons. The van der Waals surface area contributed by atoms with E-state index in [2.05, 4.69) is 20.9 Å². The molecular weight excluding hydrogens is 510 g/mol. The second kappa shape index (κ2) is 13.9. The zero-order valence-corrected chi connectivity index (χ0v) is 21.7. The van der Waals surface area contributed by atoms with E-state index in [1.807, 2.05) is 24.3 Å². The summed E-state index contributed by atoms with van der Waals surface area (Å²) in [7, 11) is 0. The first-order valence-electron chi connectivity index (χ1n) is 12.3. The molecule has 39 heavy (non-hydrogen) atoms. The fraction of sp³-hybridized carbons (Fsp3) is 0.440. The molecule has 212 valence electrons. The van der Waals surface area contributed by atoms with Crippen LogP contribution < -0.4 is 33.2 Å². The second-order valence-electron chi connectivity index (χ2n) is 9.54. The summed E-state index contributed by atoms with van der Waals surface area (Å²) < 4.78 is 0. The second-order valence-corrected chi connectivity index (χ2v) is 9.54. The van der Waals surface area contributed by atoms with E-state index in [1.54, 1.807) is 20.0 Å². The van der Waals surface area contributed by atoms with E-state index in [1.165, 1.54) is 0 Å². The predicted molar refractivity (Wildman–Crippen MR) is 140 cm³/mol. The van der Waals surface area contributed by atoms with Crippen molar-refractivity contribution < 1.29 is 33.9 Å². The van der Waals surface area contributed by atoms with Gasteiger partial charge < -0.3 is 43.2 Å². The minimum absolute atomic E-state index is 0.191. The van der Waals surface area contributed by atoms with E-state index in [0.717, 1.165) is 16.5 Å².